The number of rotatable bonds is 6. The van der Waals surface area contributed by atoms with Gasteiger partial charge in [-0.25, -0.2) is 0 Å². The summed E-state index contributed by atoms with van der Waals surface area (Å²) in [5.41, 5.74) is 9.89. The summed E-state index contributed by atoms with van der Waals surface area (Å²) in [4.78, 5) is 0. The van der Waals surface area contributed by atoms with Crippen LogP contribution in [0.25, 0.3) is 17.0 Å². The largest absolute Gasteiger partial charge is 0.399 e. The lowest BCUT2D eigenvalue weighted by atomic mass is 9.84. The van der Waals surface area contributed by atoms with E-state index in [9.17, 15) is 0 Å². The van der Waals surface area contributed by atoms with Crippen molar-refractivity contribution >= 4 is 23.1 Å². The second kappa shape index (κ2) is 7.80. The summed E-state index contributed by atoms with van der Waals surface area (Å²) in [6, 6.07) is 19.6. The molecule has 0 aliphatic carbocycles. The van der Waals surface area contributed by atoms with Crippen molar-refractivity contribution in [3.8, 4) is 11.3 Å². The number of nitrogens with one attached hydrogen (secondary N) is 1. The zero-order valence-electron chi connectivity index (χ0n) is 15.5. The van der Waals surface area contributed by atoms with E-state index < -0.39 is 0 Å². The summed E-state index contributed by atoms with van der Waals surface area (Å²) < 4.78 is 0. The molecule has 3 N–H and O–H groups in total. The molecule has 0 saturated carbocycles. The number of aromatic nitrogens is 2. The highest BCUT2D eigenvalue weighted by atomic mass is 35.5. The van der Waals surface area contributed by atoms with Crippen molar-refractivity contribution in [1.82, 2.24) is 10.2 Å². The van der Waals surface area contributed by atoms with Gasteiger partial charge < -0.3 is 11.1 Å². The Morgan fingerprint density at radius 1 is 1.07 bits per heavy atom. The number of nitrogens with zero attached hydrogens (tertiary/aromatic N) is 2. The van der Waals surface area contributed by atoms with Crippen LogP contribution in [-0.4, -0.2) is 16.7 Å². The summed E-state index contributed by atoms with van der Waals surface area (Å²) >= 11 is 6.34. The van der Waals surface area contributed by atoms with E-state index in [0.29, 0.717) is 12.2 Å². The molecule has 5 heteroatoms. The zero-order chi connectivity index (χ0) is 19.4. The molecule has 3 aromatic rings. The molecule has 138 valence electrons. The molecule has 1 heterocycles. The molecule has 0 spiro atoms. The van der Waals surface area contributed by atoms with Crippen LogP contribution in [0.15, 0.2) is 67.2 Å². The van der Waals surface area contributed by atoms with Gasteiger partial charge in [0, 0.05) is 28.2 Å². The number of halogens is 1. The van der Waals surface area contributed by atoms with Crippen LogP contribution in [0.4, 0.5) is 5.82 Å². The second-order valence-electron chi connectivity index (χ2n) is 7.13. The van der Waals surface area contributed by atoms with E-state index >= 15 is 0 Å². The number of nitrogens with two attached hydrogens (primary N) is 1. The number of benzene rings is 2. The molecule has 3 rings (SSSR count). The van der Waals surface area contributed by atoms with Crippen molar-refractivity contribution in [2.75, 3.05) is 11.9 Å². The Kier molecular flexibility index (Phi) is 5.47. The fraction of sp³-hybridized carbons (Fsp3) is 0.182. The van der Waals surface area contributed by atoms with Gasteiger partial charge in [-0.1, -0.05) is 68.4 Å². The van der Waals surface area contributed by atoms with E-state index in [-0.39, 0.29) is 5.41 Å². The molecule has 1 aromatic heterocycles. The van der Waals surface area contributed by atoms with E-state index in [0.717, 1.165) is 33.2 Å². The van der Waals surface area contributed by atoms with Crippen LogP contribution < -0.4 is 11.1 Å². The van der Waals surface area contributed by atoms with Gasteiger partial charge in [-0.3, -0.25) is 0 Å². The molecule has 0 atom stereocenters. The lowest BCUT2D eigenvalue weighted by molar-refractivity contribution is 0.556. The SMILES string of the molecule is C=C(N)c1cccc(-c2ccc(NCC(C)(C)c3ccccc3Cl)nn2)c1. The zero-order valence-corrected chi connectivity index (χ0v) is 16.3. The minimum atomic E-state index is -0.144. The lowest BCUT2D eigenvalue weighted by Crippen LogP contribution is -2.28. The summed E-state index contributed by atoms with van der Waals surface area (Å²) in [6.07, 6.45) is 0. The monoisotopic (exact) mass is 378 g/mol. The van der Waals surface area contributed by atoms with Gasteiger partial charge >= 0.3 is 0 Å². The first-order valence-corrected chi connectivity index (χ1v) is 9.12. The maximum Gasteiger partial charge on any atom is 0.148 e. The highest BCUT2D eigenvalue weighted by Crippen LogP contribution is 2.30. The standard InChI is InChI=1S/C22H23ClN4/c1-15(24)16-7-6-8-17(13-16)20-11-12-21(27-26-20)25-14-22(2,3)18-9-4-5-10-19(18)23/h4-13H,1,14,24H2,2-3H3,(H,25,27). The molecule has 0 bridgehead atoms. The van der Waals surface area contributed by atoms with Crippen LogP contribution in [0.2, 0.25) is 5.02 Å². The Labute approximate surface area is 165 Å². The van der Waals surface area contributed by atoms with Gasteiger partial charge in [0.1, 0.15) is 5.82 Å². The van der Waals surface area contributed by atoms with E-state index in [4.69, 9.17) is 17.3 Å². The Morgan fingerprint density at radius 3 is 2.52 bits per heavy atom. The van der Waals surface area contributed by atoms with Gasteiger partial charge in [-0.2, -0.15) is 0 Å². The Balaban J connectivity index is 1.72. The number of hydrogen-bond donors (Lipinski definition) is 2. The molecule has 0 saturated heterocycles. The first-order chi connectivity index (χ1) is 12.9. The molecule has 0 aliphatic heterocycles. The van der Waals surface area contributed by atoms with Gasteiger partial charge in [0.05, 0.1) is 5.69 Å². The molecule has 0 radical (unpaired) electrons. The molecule has 0 aliphatic rings. The predicted molar refractivity (Wildman–Crippen MR) is 114 cm³/mol. The second-order valence-corrected chi connectivity index (χ2v) is 7.53. The minimum absolute atomic E-state index is 0.144. The third kappa shape index (κ3) is 4.47. The summed E-state index contributed by atoms with van der Waals surface area (Å²) in [5.74, 6) is 0.721. The third-order valence-corrected chi connectivity index (χ3v) is 4.84. The van der Waals surface area contributed by atoms with Gasteiger partial charge in [0.2, 0.25) is 0 Å². The van der Waals surface area contributed by atoms with Crippen molar-refractivity contribution in [2.45, 2.75) is 19.3 Å². The van der Waals surface area contributed by atoms with E-state index in [1.165, 1.54) is 0 Å². The quantitative estimate of drug-likeness (QED) is 0.625. The van der Waals surface area contributed by atoms with Crippen LogP contribution in [-0.2, 0) is 5.41 Å². The summed E-state index contributed by atoms with van der Waals surface area (Å²) in [7, 11) is 0. The van der Waals surface area contributed by atoms with Gasteiger partial charge in [-0.05, 0) is 35.4 Å². The van der Waals surface area contributed by atoms with Crippen LogP contribution in [0.5, 0.6) is 0 Å². The maximum atomic E-state index is 6.34. The molecule has 27 heavy (non-hydrogen) atoms. The molecular formula is C22H23ClN4. The van der Waals surface area contributed by atoms with Gasteiger partial charge in [0.25, 0.3) is 0 Å². The Bertz CT molecular complexity index is 949. The van der Waals surface area contributed by atoms with Crippen molar-refractivity contribution in [3.05, 3.63) is 83.4 Å². The van der Waals surface area contributed by atoms with Crippen LogP contribution >= 0.6 is 11.6 Å². The maximum absolute atomic E-state index is 6.34. The smallest absolute Gasteiger partial charge is 0.148 e. The fourth-order valence-electron chi connectivity index (χ4n) is 2.88. The van der Waals surface area contributed by atoms with Gasteiger partial charge in [0.15, 0.2) is 0 Å². The predicted octanol–water partition coefficient (Wildman–Crippen LogP) is 5.12. The van der Waals surface area contributed by atoms with Crippen LogP contribution in [0, 0.1) is 0 Å². The molecular weight excluding hydrogens is 356 g/mol. The highest BCUT2D eigenvalue weighted by Gasteiger charge is 2.23. The highest BCUT2D eigenvalue weighted by molar-refractivity contribution is 6.31. The first kappa shape index (κ1) is 18.9. The van der Waals surface area contributed by atoms with Crippen molar-refractivity contribution in [2.24, 2.45) is 5.73 Å². The Morgan fingerprint density at radius 2 is 1.85 bits per heavy atom. The molecule has 4 nitrogen and oxygen atoms in total. The normalized spacial score (nSPS) is 11.2. The molecule has 0 fully saturated rings. The number of anilines is 1. The first-order valence-electron chi connectivity index (χ1n) is 8.74. The van der Waals surface area contributed by atoms with E-state index in [2.05, 4.69) is 42.0 Å². The molecule has 0 unspecified atom stereocenters. The third-order valence-electron chi connectivity index (χ3n) is 4.51. The lowest BCUT2D eigenvalue weighted by Gasteiger charge is -2.26. The van der Waals surface area contributed by atoms with Crippen molar-refractivity contribution < 1.29 is 0 Å². The minimum Gasteiger partial charge on any atom is -0.399 e. The summed E-state index contributed by atoms with van der Waals surface area (Å²) in [5, 5.41) is 12.8. The average Bonchev–Trinajstić information content (AvgIpc) is 2.67. The van der Waals surface area contributed by atoms with E-state index in [1.54, 1.807) is 0 Å². The fourth-order valence-corrected chi connectivity index (χ4v) is 3.27. The van der Waals surface area contributed by atoms with E-state index in [1.807, 2.05) is 54.6 Å². The van der Waals surface area contributed by atoms with Crippen LogP contribution in [0.3, 0.4) is 0 Å². The average molecular weight is 379 g/mol. The van der Waals surface area contributed by atoms with Crippen molar-refractivity contribution in [3.63, 3.8) is 0 Å². The Hall–Kier alpha value is -2.85. The van der Waals surface area contributed by atoms with Crippen LogP contribution in [0.1, 0.15) is 25.0 Å². The van der Waals surface area contributed by atoms with Crippen molar-refractivity contribution in [1.29, 1.82) is 0 Å². The summed E-state index contributed by atoms with van der Waals surface area (Å²) in [6.45, 7) is 8.76. The molecule has 0 amide bonds. The molecule has 2 aromatic carbocycles. The number of hydrogen-bond acceptors (Lipinski definition) is 4. The van der Waals surface area contributed by atoms with Gasteiger partial charge in [-0.15, -0.1) is 10.2 Å². The topological polar surface area (TPSA) is 63.8 Å².